The molecule has 0 bridgehead atoms. The number of fused-ring (bicyclic) bond motifs is 1. The first-order valence-electron chi connectivity index (χ1n) is 7.95. The van der Waals surface area contributed by atoms with E-state index >= 15 is 0 Å². The highest BCUT2D eigenvalue weighted by Gasteiger charge is 2.20. The van der Waals surface area contributed by atoms with Gasteiger partial charge in [0.25, 0.3) is 15.9 Å². The molecule has 0 unspecified atom stereocenters. The van der Waals surface area contributed by atoms with Gasteiger partial charge in [-0.25, -0.2) is 8.42 Å². The van der Waals surface area contributed by atoms with Crippen LogP contribution in [0.15, 0.2) is 47.4 Å². The Bertz CT molecular complexity index is 935. The second kappa shape index (κ2) is 7.84. The number of amides is 1. The Morgan fingerprint density at radius 2 is 1.88 bits per heavy atom. The summed E-state index contributed by atoms with van der Waals surface area (Å²) in [7, 11) is -3.94. The first-order valence-corrected chi connectivity index (χ1v) is 10.2. The average Bonchev–Trinajstić information content (AvgIpc) is 2.63. The van der Waals surface area contributed by atoms with Crippen LogP contribution in [0.25, 0.3) is 0 Å². The quantitative estimate of drug-likeness (QED) is 0.738. The summed E-state index contributed by atoms with van der Waals surface area (Å²) >= 11 is 11.6. The lowest BCUT2D eigenvalue weighted by molar-refractivity contribution is -0.120. The minimum Gasteiger partial charge on any atom is -0.362 e. The van der Waals surface area contributed by atoms with Crippen molar-refractivity contribution >= 4 is 44.8 Å². The van der Waals surface area contributed by atoms with E-state index in [1.165, 1.54) is 23.8 Å². The number of rotatable bonds is 5. The van der Waals surface area contributed by atoms with E-state index in [-0.39, 0.29) is 21.5 Å². The molecule has 138 valence electrons. The van der Waals surface area contributed by atoms with Crippen molar-refractivity contribution in [3.05, 3.63) is 58.1 Å². The predicted molar refractivity (Wildman–Crippen MR) is 102 cm³/mol. The molecule has 6 nitrogen and oxygen atoms in total. The topological polar surface area (TPSA) is 78.5 Å². The van der Waals surface area contributed by atoms with E-state index < -0.39 is 15.9 Å². The van der Waals surface area contributed by atoms with Crippen LogP contribution in [0.2, 0.25) is 10.0 Å². The van der Waals surface area contributed by atoms with E-state index in [2.05, 4.69) is 10.3 Å². The molecule has 1 heterocycles. The van der Waals surface area contributed by atoms with Crippen LogP contribution in [0.4, 0.5) is 5.69 Å². The molecule has 1 aliphatic rings. The molecule has 0 spiro atoms. The van der Waals surface area contributed by atoms with Gasteiger partial charge in [0, 0.05) is 12.2 Å². The number of benzene rings is 2. The molecular weight excluding hydrogens is 397 g/mol. The number of carbonyl (C=O) groups is 1. The Balaban J connectivity index is 1.63. The Morgan fingerprint density at radius 3 is 2.65 bits per heavy atom. The Kier molecular flexibility index (Phi) is 5.72. The first kappa shape index (κ1) is 19.0. The molecular formula is C17H17Cl2N3O3S. The molecule has 0 fully saturated rings. The van der Waals surface area contributed by atoms with Crippen LogP contribution in [0, 0.1) is 0 Å². The van der Waals surface area contributed by atoms with Crippen LogP contribution in [0.5, 0.6) is 0 Å². The first-order chi connectivity index (χ1) is 12.4. The summed E-state index contributed by atoms with van der Waals surface area (Å²) in [5.74, 6) is -0.453. The summed E-state index contributed by atoms with van der Waals surface area (Å²) in [5, 5.41) is 0.365. The van der Waals surface area contributed by atoms with E-state index in [9.17, 15) is 13.2 Å². The number of aryl methyl sites for hydroxylation is 1. The zero-order valence-corrected chi connectivity index (χ0v) is 16.0. The third kappa shape index (κ3) is 4.29. The Labute approximate surface area is 162 Å². The second-order valence-corrected chi connectivity index (χ2v) is 8.38. The number of para-hydroxylation sites is 1. The van der Waals surface area contributed by atoms with Gasteiger partial charge in [-0.05, 0) is 42.7 Å². The van der Waals surface area contributed by atoms with Gasteiger partial charge >= 0.3 is 0 Å². The lowest BCUT2D eigenvalue weighted by Crippen LogP contribution is -2.47. The van der Waals surface area contributed by atoms with Gasteiger partial charge in [0.05, 0.1) is 21.5 Å². The summed E-state index contributed by atoms with van der Waals surface area (Å²) in [6.07, 6.45) is 1.91. The van der Waals surface area contributed by atoms with Crippen LogP contribution in [-0.4, -0.2) is 27.4 Å². The number of hydrogen-bond acceptors (Lipinski definition) is 4. The summed E-state index contributed by atoms with van der Waals surface area (Å²) in [4.78, 5) is 16.1. The molecule has 1 aliphatic heterocycles. The number of anilines is 1. The summed E-state index contributed by atoms with van der Waals surface area (Å²) < 4.78 is 24.5. The monoisotopic (exact) mass is 413 g/mol. The average molecular weight is 414 g/mol. The van der Waals surface area contributed by atoms with Crippen molar-refractivity contribution in [3.63, 3.8) is 0 Å². The van der Waals surface area contributed by atoms with E-state index in [1.54, 1.807) is 0 Å². The lowest BCUT2D eigenvalue weighted by Gasteiger charge is -2.30. The van der Waals surface area contributed by atoms with Crippen molar-refractivity contribution in [1.29, 1.82) is 0 Å². The van der Waals surface area contributed by atoms with Crippen molar-refractivity contribution < 1.29 is 13.2 Å². The maximum atomic E-state index is 12.2. The smallest absolute Gasteiger partial charge is 0.257 e. The highest BCUT2D eigenvalue weighted by Crippen LogP contribution is 2.26. The fourth-order valence-electron chi connectivity index (χ4n) is 2.82. The van der Waals surface area contributed by atoms with Crippen LogP contribution in [0.1, 0.15) is 12.0 Å². The zero-order chi connectivity index (χ0) is 18.7. The van der Waals surface area contributed by atoms with Gasteiger partial charge in [-0.1, -0.05) is 41.4 Å². The number of nitrogens with zero attached hydrogens (tertiary/aromatic N) is 1. The van der Waals surface area contributed by atoms with Gasteiger partial charge in [-0.2, -0.15) is 0 Å². The van der Waals surface area contributed by atoms with Crippen LogP contribution in [-0.2, 0) is 21.2 Å². The molecule has 0 saturated carbocycles. The number of hydrogen-bond donors (Lipinski definition) is 2. The highest BCUT2D eigenvalue weighted by molar-refractivity contribution is 7.89. The standard InChI is InChI=1S/C17H17Cl2N3O3S/c18-14-8-7-13(10-15(14)19)26(24,25)21-20-17(23)11-22-9-3-5-12-4-1-2-6-16(12)22/h1-2,4,6-8,10,21H,3,5,9,11H2,(H,20,23). The number of halogens is 2. The third-order valence-electron chi connectivity index (χ3n) is 4.07. The predicted octanol–water partition coefficient (Wildman–Crippen LogP) is 2.76. The number of hydrazine groups is 1. The molecule has 9 heteroatoms. The molecule has 0 aliphatic carbocycles. The van der Waals surface area contributed by atoms with Gasteiger partial charge in [0.1, 0.15) is 0 Å². The van der Waals surface area contributed by atoms with Crippen molar-refractivity contribution in [1.82, 2.24) is 10.3 Å². The minimum atomic E-state index is -3.94. The number of nitrogens with one attached hydrogen (secondary N) is 2. The molecule has 3 rings (SSSR count). The van der Waals surface area contributed by atoms with E-state index in [0.717, 1.165) is 25.1 Å². The SMILES string of the molecule is O=C(CN1CCCc2ccccc21)NNS(=O)(=O)c1ccc(Cl)c(Cl)c1. The van der Waals surface area contributed by atoms with Gasteiger partial charge in [0.2, 0.25) is 0 Å². The molecule has 2 aromatic carbocycles. The van der Waals surface area contributed by atoms with E-state index in [4.69, 9.17) is 23.2 Å². The fourth-order valence-corrected chi connectivity index (χ4v) is 4.06. The fraction of sp³-hybridized carbons (Fsp3) is 0.235. The normalized spacial score (nSPS) is 14.0. The molecule has 2 aromatic rings. The van der Waals surface area contributed by atoms with Crippen molar-refractivity contribution in [3.8, 4) is 0 Å². The maximum Gasteiger partial charge on any atom is 0.257 e. The molecule has 0 aromatic heterocycles. The number of sulfonamides is 1. The molecule has 0 saturated heterocycles. The number of carbonyl (C=O) groups excluding carboxylic acids is 1. The third-order valence-corrected chi connectivity index (χ3v) is 6.05. The summed E-state index contributed by atoms with van der Waals surface area (Å²) in [6, 6.07) is 11.8. The molecule has 0 radical (unpaired) electrons. The summed E-state index contributed by atoms with van der Waals surface area (Å²) in [6.45, 7) is 0.797. The van der Waals surface area contributed by atoms with Crippen molar-refractivity contribution in [2.24, 2.45) is 0 Å². The van der Waals surface area contributed by atoms with E-state index in [1.807, 2.05) is 29.2 Å². The largest absolute Gasteiger partial charge is 0.362 e. The van der Waals surface area contributed by atoms with Crippen molar-refractivity contribution in [2.45, 2.75) is 17.7 Å². The molecule has 1 amide bonds. The minimum absolute atomic E-state index is 0.0565. The van der Waals surface area contributed by atoms with Crippen LogP contribution in [0.3, 0.4) is 0 Å². The van der Waals surface area contributed by atoms with Crippen molar-refractivity contribution in [2.75, 3.05) is 18.0 Å². The molecule has 0 atom stereocenters. The van der Waals surface area contributed by atoms with Crippen LogP contribution >= 0.6 is 23.2 Å². The van der Waals surface area contributed by atoms with E-state index in [0.29, 0.717) is 0 Å². The van der Waals surface area contributed by atoms with Crippen LogP contribution < -0.4 is 15.2 Å². The Hall–Kier alpha value is -1.80. The van der Waals surface area contributed by atoms with Gasteiger partial charge < -0.3 is 4.90 Å². The molecule has 26 heavy (non-hydrogen) atoms. The van der Waals surface area contributed by atoms with Gasteiger partial charge in [-0.15, -0.1) is 4.83 Å². The van der Waals surface area contributed by atoms with Gasteiger partial charge in [0.15, 0.2) is 0 Å². The second-order valence-electron chi connectivity index (χ2n) is 5.88. The molecule has 2 N–H and O–H groups in total. The van der Waals surface area contributed by atoms with Gasteiger partial charge in [-0.3, -0.25) is 10.2 Å². The maximum absolute atomic E-state index is 12.2. The highest BCUT2D eigenvalue weighted by atomic mass is 35.5. The summed E-state index contributed by atoms with van der Waals surface area (Å²) in [5.41, 5.74) is 4.42. The zero-order valence-electron chi connectivity index (χ0n) is 13.7. The lowest BCUT2D eigenvalue weighted by atomic mass is 10.0. The Morgan fingerprint density at radius 1 is 1.12 bits per heavy atom.